The van der Waals surface area contributed by atoms with Crippen LogP contribution < -0.4 is 0 Å². The molecule has 0 aromatic heterocycles. The quantitative estimate of drug-likeness (QED) is 0.207. The third-order valence-corrected chi connectivity index (χ3v) is 15.2. The van der Waals surface area contributed by atoms with Gasteiger partial charge in [-0.25, -0.2) is 4.79 Å². The number of hydrogen-bond acceptors (Lipinski definition) is 5. The SMILES string of the molecule is COC(C)(C)CCC[C@@](C)(O)[C@H]1CC[C@]2(C)[C@@H]1[C@H](OC(=O)c1ccc(I)cc1)C[C@@H]1[C@@]3(C)CC[C@H](O)C(C)(C)[C@@H]3CC[C@]12C. The molecule has 248 valence electrons. The van der Waals surface area contributed by atoms with Gasteiger partial charge in [0.25, 0.3) is 0 Å². The zero-order valence-electron chi connectivity index (χ0n) is 28.8. The minimum Gasteiger partial charge on any atom is -0.458 e. The Morgan fingerprint density at radius 1 is 0.932 bits per heavy atom. The fourth-order valence-electron chi connectivity index (χ4n) is 11.5. The van der Waals surface area contributed by atoms with E-state index in [-0.39, 0.29) is 57.3 Å². The first-order valence-corrected chi connectivity index (χ1v) is 18.3. The number of carbonyl (C=O) groups excluding carboxylic acids is 1. The number of halogens is 1. The van der Waals surface area contributed by atoms with Crippen LogP contribution >= 0.6 is 22.6 Å². The van der Waals surface area contributed by atoms with E-state index < -0.39 is 5.60 Å². The molecule has 0 heterocycles. The standard InChI is InChI=1S/C38H59IO5/c1-33(2,43-9)18-10-19-38(8,42)26-15-21-37(7)31(26)27(44-32(41)24-11-13-25(39)14-12-24)23-29-35(5)20-17-30(40)34(3,4)28(35)16-22-36(29,37)6/h11-14,26-31,40,42H,10,15-23H2,1-9H3/t26-,27+,28-,29+,30-,31-,35-,36+,37+,38+/m0/s1. The Morgan fingerprint density at radius 3 is 2.20 bits per heavy atom. The third-order valence-electron chi connectivity index (χ3n) is 14.5. The van der Waals surface area contributed by atoms with Gasteiger partial charge in [0.05, 0.1) is 22.9 Å². The zero-order valence-corrected chi connectivity index (χ0v) is 31.0. The van der Waals surface area contributed by atoms with Gasteiger partial charge in [-0.15, -0.1) is 0 Å². The van der Waals surface area contributed by atoms with Crippen LogP contribution in [0.2, 0.25) is 0 Å². The summed E-state index contributed by atoms with van der Waals surface area (Å²) >= 11 is 2.27. The van der Waals surface area contributed by atoms with Crippen molar-refractivity contribution >= 4 is 28.6 Å². The predicted molar refractivity (Wildman–Crippen MR) is 184 cm³/mol. The van der Waals surface area contributed by atoms with Crippen molar-refractivity contribution in [2.24, 2.45) is 45.3 Å². The topological polar surface area (TPSA) is 76.0 Å². The Bertz CT molecular complexity index is 1210. The van der Waals surface area contributed by atoms with Gasteiger partial charge >= 0.3 is 5.97 Å². The number of aliphatic hydroxyl groups is 2. The highest BCUT2D eigenvalue weighted by Gasteiger charge is 2.72. The van der Waals surface area contributed by atoms with Crippen molar-refractivity contribution in [3.63, 3.8) is 0 Å². The van der Waals surface area contributed by atoms with Crippen LogP contribution in [0.1, 0.15) is 130 Å². The van der Waals surface area contributed by atoms with Crippen molar-refractivity contribution < 1.29 is 24.5 Å². The molecule has 1 aromatic rings. The van der Waals surface area contributed by atoms with Gasteiger partial charge in [-0.3, -0.25) is 0 Å². The molecule has 4 aliphatic carbocycles. The van der Waals surface area contributed by atoms with Gasteiger partial charge in [0, 0.05) is 16.6 Å². The number of ether oxygens (including phenoxy) is 2. The summed E-state index contributed by atoms with van der Waals surface area (Å²) in [6.45, 7) is 18.3. The van der Waals surface area contributed by atoms with Crippen LogP contribution in [0.4, 0.5) is 0 Å². The first kappa shape index (κ1) is 34.6. The molecule has 4 aliphatic rings. The lowest BCUT2D eigenvalue weighted by Gasteiger charge is -2.70. The van der Waals surface area contributed by atoms with E-state index in [1.165, 1.54) is 0 Å². The molecular formula is C38H59IO5. The van der Waals surface area contributed by atoms with Crippen LogP contribution in [0, 0.1) is 48.9 Å². The molecular weight excluding hydrogens is 663 g/mol. The molecule has 10 atom stereocenters. The van der Waals surface area contributed by atoms with Crippen molar-refractivity contribution in [1.82, 2.24) is 0 Å². The maximum absolute atomic E-state index is 13.8. The highest BCUT2D eigenvalue weighted by atomic mass is 127. The molecule has 0 bridgehead atoms. The molecule has 1 aromatic carbocycles. The molecule has 6 heteroatoms. The van der Waals surface area contributed by atoms with Crippen LogP contribution in [0.25, 0.3) is 0 Å². The van der Waals surface area contributed by atoms with E-state index in [9.17, 15) is 15.0 Å². The van der Waals surface area contributed by atoms with E-state index in [4.69, 9.17) is 9.47 Å². The largest absolute Gasteiger partial charge is 0.458 e. The summed E-state index contributed by atoms with van der Waals surface area (Å²) < 4.78 is 13.4. The van der Waals surface area contributed by atoms with E-state index in [0.29, 0.717) is 23.8 Å². The van der Waals surface area contributed by atoms with Gasteiger partial charge in [0.2, 0.25) is 0 Å². The van der Waals surface area contributed by atoms with Crippen molar-refractivity contribution in [1.29, 1.82) is 0 Å². The second-order valence-electron chi connectivity index (χ2n) is 17.4. The lowest BCUT2D eigenvalue weighted by Crippen LogP contribution is -2.67. The van der Waals surface area contributed by atoms with Gasteiger partial charge in [-0.05, 0) is 171 Å². The molecule has 5 nitrogen and oxygen atoms in total. The van der Waals surface area contributed by atoms with E-state index in [2.05, 4.69) is 71.1 Å². The van der Waals surface area contributed by atoms with Crippen LogP contribution in [-0.2, 0) is 9.47 Å². The molecule has 5 rings (SSSR count). The molecule has 0 spiro atoms. The predicted octanol–water partition coefficient (Wildman–Crippen LogP) is 8.82. The number of methoxy groups -OCH3 is 1. The van der Waals surface area contributed by atoms with Gasteiger partial charge in [0.1, 0.15) is 6.10 Å². The number of rotatable bonds is 8. The molecule has 4 saturated carbocycles. The second kappa shape index (κ2) is 11.8. The Labute approximate surface area is 280 Å². The summed E-state index contributed by atoms with van der Waals surface area (Å²) in [5.74, 6) is 0.697. The first-order valence-electron chi connectivity index (χ1n) is 17.2. The van der Waals surface area contributed by atoms with E-state index >= 15 is 0 Å². The fraction of sp³-hybridized carbons (Fsp3) is 0.816. The van der Waals surface area contributed by atoms with Crippen LogP contribution in [-0.4, -0.2) is 46.7 Å². The molecule has 2 N–H and O–H groups in total. The summed E-state index contributed by atoms with van der Waals surface area (Å²) in [4.78, 5) is 13.8. The zero-order chi connectivity index (χ0) is 32.5. The number of fused-ring (bicyclic) bond motifs is 5. The van der Waals surface area contributed by atoms with E-state index in [0.717, 1.165) is 61.4 Å². The molecule has 0 unspecified atom stereocenters. The first-order chi connectivity index (χ1) is 20.3. The smallest absolute Gasteiger partial charge is 0.338 e. The average Bonchev–Trinajstić information content (AvgIpc) is 3.32. The summed E-state index contributed by atoms with van der Waals surface area (Å²) in [7, 11) is 1.76. The molecule has 0 aliphatic heterocycles. The number of aliphatic hydroxyl groups excluding tert-OH is 1. The van der Waals surface area contributed by atoms with Crippen LogP contribution in [0.5, 0.6) is 0 Å². The number of benzene rings is 1. The lowest BCUT2D eigenvalue weighted by atomic mass is 9.35. The summed E-state index contributed by atoms with van der Waals surface area (Å²) in [5.41, 5.74) is -0.565. The average molecular weight is 723 g/mol. The van der Waals surface area contributed by atoms with Crippen molar-refractivity contribution in [3.05, 3.63) is 33.4 Å². The third kappa shape index (κ3) is 5.61. The van der Waals surface area contributed by atoms with Gasteiger partial charge in [-0.1, -0.05) is 34.6 Å². The Kier molecular flexibility index (Phi) is 9.26. The monoisotopic (exact) mass is 722 g/mol. The molecule has 0 radical (unpaired) electrons. The Morgan fingerprint density at radius 2 is 1.57 bits per heavy atom. The van der Waals surface area contributed by atoms with Crippen LogP contribution in [0.15, 0.2) is 24.3 Å². The van der Waals surface area contributed by atoms with Crippen molar-refractivity contribution in [2.45, 2.75) is 143 Å². The summed E-state index contributed by atoms with van der Waals surface area (Å²) in [6.07, 6.45) is 8.85. The second-order valence-corrected chi connectivity index (χ2v) is 18.6. The normalized spacial score (nSPS) is 41.2. The summed E-state index contributed by atoms with van der Waals surface area (Å²) in [5, 5.41) is 23.4. The van der Waals surface area contributed by atoms with Gasteiger partial charge in [-0.2, -0.15) is 0 Å². The number of hydrogen-bond donors (Lipinski definition) is 2. The van der Waals surface area contributed by atoms with Gasteiger partial charge < -0.3 is 19.7 Å². The number of carbonyl (C=O) groups is 1. The van der Waals surface area contributed by atoms with Crippen molar-refractivity contribution in [3.8, 4) is 0 Å². The Hall–Kier alpha value is -0.700. The van der Waals surface area contributed by atoms with Crippen LogP contribution in [0.3, 0.4) is 0 Å². The number of esters is 1. The maximum Gasteiger partial charge on any atom is 0.338 e. The Balaban J connectivity index is 1.52. The molecule has 44 heavy (non-hydrogen) atoms. The molecule has 4 fully saturated rings. The van der Waals surface area contributed by atoms with Crippen molar-refractivity contribution in [2.75, 3.05) is 7.11 Å². The minimum atomic E-state index is -0.860. The van der Waals surface area contributed by atoms with E-state index in [1.807, 2.05) is 31.2 Å². The molecule has 0 saturated heterocycles. The lowest BCUT2D eigenvalue weighted by molar-refractivity contribution is -0.246. The fourth-order valence-corrected chi connectivity index (χ4v) is 11.8. The highest BCUT2D eigenvalue weighted by Crippen LogP contribution is 2.76. The minimum absolute atomic E-state index is 0.0561. The van der Waals surface area contributed by atoms with Gasteiger partial charge in [0.15, 0.2) is 0 Å². The summed E-state index contributed by atoms with van der Waals surface area (Å²) in [6, 6.07) is 7.68. The maximum atomic E-state index is 13.8. The van der Waals surface area contributed by atoms with E-state index in [1.54, 1.807) is 7.11 Å². The molecule has 0 amide bonds. The highest BCUT2D eigenvalue weighted by molar-refractivity contribution is 14.1.